The van der Waals surface area contributed by atoms with Crippen molar-refractivity contribution >= 4 is 5.69 Å². The van der Waals surface area contributed by atoms with Gasteiger partial charge in [0, 0.05) is 36.8 Å². The Bertz CT molecular complexity index is 395. The van der Waals surface area contributed by atoms with Gasteiger partial charge in [-0.05, 0) is 26.3 Å². The van der Waals surface area contributed by atoms with E-state index in [2.05, 4.69) is 23.9 Å². The molecule has 0 saturated carbocycles. The minimum Gasteiger partial charge on any atom is -0.392 e. The fourth-order valence-electron chi connectivity index (χ4n) is 2.43. The van der Waals surface area contributed by atoms with Gasteiger partial charge in [0.1, 0.15) is 0 Å². The second kappa shape index (κ2) is 5.02. The quantitative estimate of drug-likeness (QED) is 0.863. The van der Waals surface area contributed by atoms with Crippen LogP contribution in [0.15, 0.2) is 12.3 Å². The van der Waals surface area contributed by atoms with E-state index in [1.54, 1.807) is 6.20 Å². The van der Waals surface area contributed by atoms with E-state index in [9.17, 15) is 5.11 Å². The Hall–Kier alpha value is -1.13. The molecule has 1 aliphatic rings. The maximum atomic E-state index is 9.37. The van der Waals surface area contributed by atoms with Crippen molar-refractivity contribution in [1.29, 1.82) is 0 Å². The van der Waals surface area contributed by atoms with Crippen LogP contribution in [0, 0.1) is 6.92 Å². The summed E-state index contributed by atoms with van der Waals surface area (Å²) < 4.78 is 5.59. The molecule has 2 atom stereocenters. The molecule has 0 aromatic carbocycles. The lowest BCUT2D eigenvalue weighted by atomic mass is 10.1. The van der Waals surface area contributed by atoms with Gasteiger partial charge in [-0.2, -0.15) is 0 Å². The summed E-state index contributed by atoms with van der Waals surface area (Å²) in [6.45, 7) is 4.90. The van der Waals surface area contributed by atoms with Crippen LogP contribution in [0.4, 0.5) is 5.69 Å². The Morgan fingerprint density at radius 2 is 2.35 bits per heavy atom. The molecular weight excluding hydrogens is 216 g/mol. The van der Waals surface area contributed by atoms with Gasteiger partial charge in [0.05, 0.1) is 18.8 Å². The third-order valence-electron chi connectivity index (χ3n) is 3.48. The third kappa shape index (κ3) is 2.42. The van der Waals surface area contributed by atoms with Crippen LogP contribution in [0.1, 0.15) is 24.6 Å². The summed E-state index contributed by atoms with van der Waals surface area (Å²) in [6.07, 6.45) is 3.02. The first kappa shape index (κ1) is 12.3. The fraction of sp³-hybridized carbons (Fsp3) is 0.615. The first-order valence-electron chi connectivity index (χ1n) is 6.04. The monoisotopic (exact) mass is 236 g/mol. The molecular formula is C13H20N2O2. The number of aromatic nitrogens is 1. The Labute approximate surface area is 102 Å². The molecule has 2 unspecified atom stereocenters. The van der Waals surface area contributed by atoms with E-state index in [1.165, 1.54) is 0 Å². The SMILES string of the molecule is Cc1cc(N(C)C2CCOC2C)c(CO)cn1. The van der Waals surface area contributed by atoms with Crippen LogP contribution in [-0.4, -0.2) is 35.9 Å². The molecule has 1 fully saturated rings. The van der Waals surface area contributed by atoms with Gasteiger partial charge >= 0.3 is 0 Å². The lowest BCUT2D eigenvalue weighted by Crippen LogP contribution is -2.37. The Morgan fingerprint density at radius 3 is 2.94 bits per heavy atom. The zero-order valence-corrected chi connectivity index (χ0v) is 10.7. The average Bonchev–Trinajstić information content (AvgIpc) is 2.74. The van der Waals surface area contributed by atoms with Gasteiger partial charge in [0.2, 0.25) is 0 Å². The standard InChI is InChI=1S/C13H20N2O2/c1-9-6-13(11(8-16)7-14-9)15(3)12-4-5-17-10(12)2/h6-7,10,12,16H,4-5,8H2,1-3H3. The van der Waals surface area contributed by atoms with E-state index in [0.717, 1.165) is 30.0 Å². The van der Waals surface area contributed by atoms with Crippen LogP contribution in [0.2, 0.25) is 0 Å². The van der Waals surface area contributed by atoms with Gasteiger partial charge in [0.15, 0.2) is 0 Å². The number of aliphatic hydroxyl groups excluding tert-OH is 1. The number of hydrogen-bond acceptors (Lipinski definition) is 4. The molecule has 0 bridgehead atoms. The van der Waals surface area contributed by atoms with Crippen LogP contribution in [0.25, 0.3) is 0 Å². The highest BCUT2D eigenvalue weighted by Gasteiger charge is 2.29. The summed E-state index contributed by atoms with van der Waals surface area (Å²) in [5.74, 6) is 0. The van der Waals surface area contributed by atoms with E-state index >= 15 is 0 Å². The third-order valence-corrected chi connectivity index (χ3v) is 3.48. The number of aryl methyl sites for hydroxylation is 1. The molecule has 0 spiro atoms. The minimum absolute atomic E-state index is 0.0227. The van der Waals surface area contributed by atoms with Crippen LogP contribution < -0.4 is 4.90 Å². The highest BCUT2D eigenvalue weighted by atomic mass is 16.5. The molecule has 2 heterocycles. The summed E-state index contributed by atoms with van der Waals surface area (Å²) >= 11 is 0. The van der Waals surface area contributed by atoms with Crippen molar-refractivity contribution in [3.8, 4) is 0 Å². The first-order valence-corrected chi connectivity index (χ1v) is 6.04. The highest BCUT2D eigenvalue weighted by Crippen LogP contribution is 2.27. The molecule has 2 rings (SSSR count). The van der Waals surface area contributed by atoms with Crippen molar-refractivity contribution in [3.05, 3.63) is 23.5 Å². The van der Waals surface area contributed by atoms with E-state index in [4.69, 9.17) is 4.74 Å². The molecule has 0 aliphatic carbocycles. The first-order chi connectivity index (χ1) is 8.13. The highest BCUT2D eigenvalue weighted by molar-refractivity contribution is 5.54. The lowest BCUT2D eigenvalue weighted by Gasteiger charge is -2.30. The summed E-state index contributed by atoms with van der Waals surface area (Å²) in [4.78, 5) is 6.43. The smallest absolute Gasteiger partial charge is 0.0750 e. The Morgan fingerprint density at radius 1 is 1.59 bits per heavy atom. The van der Waals surface area contributed by atoms with Gasteiger partial charge in [-0.15, -0.1) is 0 Å². The van der Waals surface area contributed by atoms with E-state index in [0.29, 0.717) is 6.04 Å². The Balaban J connectivity index is 2.28. The maximum absolute atomic E-state index is 9.37. The average molecular weight is 236 g/mol. The zero-order valence-electron chi connectivity index (χ0n) is 10.7. The molecule has 1 saturated heterocycles. The van der Waals surface area contributed by atoms with Crippen LogP contribution in [0.3, 0.4) is 0 Å². The number of pyridine rings is 1. The molecule has 4 nitrogen and oxygen atoms in total. The van der Waals surface area contributed by atoms with Gasteiger partial charge in [0.25, 0.3) is 0 Å². The molecule has 1 aromatic heterocycles. The second-order valence-electron chi connectivity index (χ2n) is 4.66. The minimum atomic E-state index is 0.0227. The summed E-state index contributed by atoms with van der Waals surface area (Å²) in [5.41, 5.74) is 2.90. The summed E-state index contributed by atoms with van der Waals surface area (Å²) in [6, 6.07) is 2.40. The number of anilines is 1. The maximum Gasteiger partial charge on any atom is 0.0750 e. The lowest BCUT2D eigenvalue weighted by molar-refractivity contribution is 0.118. The van der Waals surface area contributed by atoms with Gasteiger partial charge in [-0.25, -0.2) is 0 Å². The molecule has 4 heteroatoms. The number of nitrogens with zero attached hydrogens (tertiary/aromatic N) is 2. The van der Waals surface area contributed by atoms with Crippen molar-refractivity contribution in [3.63, 3.8) is 0 Å². The Kier molecular flexibility index (Phi) is 3.64. The molecule has 1 aliphatic heterocycles. The van der Waals surface area contributed by atoms with Crippen molar-refractivity contribution in [2.45, 2.75) is 39.0 Å². The largest absolute Gasteiger partial charge is 0.392 e. The summed E-state index contributed by atoms with van der Waals surface area (Å²) in [5, 5.41) is 9.37. The normalized spacial score (nSPS) is 24.0. The van der Waals surface area contributed by atoms with E-state index in [-0.39, 0.29) is 12.7 Å². The van der Waals surface area contributed by atoms with Gasteiger partial charge in [-0.3, -0.25) is 4.98 Å². The van der Waals surface area contributed by atoms with Crippen LogP contribution in [-0.2, 0) is 11.3 Å². The van der Waals surface area contributed by atoms with Crippen molar-refractivity contribution in [2.24, 2.45) is 0 Å². The van der Waals surface area contributed by atoms with Crippen LogP contribution >= 0.6 is 0 Å². The van der Waals surface area contributed by atoms with E-state index < -0.39 is 0 Å². The van der Waals surface area contributed by atoms with Gasteiger partial charge < -0.3 is 14.7 Å². The predicted molar refractivity (Wildman–Crippen MR) is 67.1 cm³/mol. The second-order valence-corrected chi connectivity index (χ2v) is 4.66. The van der Waals surface area contributed by atoms with Crippen molar-refractivity contribution in [2.75, 3.05) is 18.6 Å². The number of likely N-dealkylation sites (N-methyl/N-ethyl adjacent to an activating group) is 1. The number of ether oxygens (including phenoxy) is 1. The zero-order chi connectivity index (χ0) is 12.4. The molecule has 0 amide bonds. The van der Waals surface area contributed by atoms with Crippen molar-refractivity contribution in [1.82, 2.24) is 4.98 Å². The molecule has 94 valence electrons. The van der Waals surface area contributed by atoms with Crippen LogP contribution in [0.5, 0.6) is 0 Å². The molecule has 0 radical (unpaired) electrons. The van der Waals surface area contributed by atoms with Crippen molar-refractivity contribution < 1.29 is 9.84 Å². The molecule has 17 heavy (non-hydrogen) atoms. The summed E-state index contributed by atoms with van der Waals surface area (Å²) in [7, 11) is 2.06. The predicted octanol–water partition coefficient (Wildman–Crippen LogP) is 1.50. The molecule has 1 aromatic rings. The topological polar surface area (TPSA) is 45.6 Å². The van der Waals surface area contributed by atoms with E-state index in [1.807, 2.05) is 13.0 Å². The molecule has 1 N–H and O–H groups in total. The number of rotatable bonds is 3. The van der Waals surface area contributed by atoms with Gasteiger partial charge in [-0.1, -0.05) is 0 Å². The fourth-order valence-corrected chi connectivity index (χ4v) is 2.43. The number of aliphatic hydroxyl groups is 1. The number of hydrogen-bond donors (Lipinski definition) is 1.